The molecule has 106 valence electrons. The largest absolute Gasteiger partial charge is 0.335 e. The summed E-state index contributed by atoms with van der Waals surface area (Å²) >= 11 is 0. The van der Waals surface area contributed by atoms with E-state index in [2.05, 4.69) is 20.7 Å². The van der Waals surface area contributed by atoms with Crippen molar-refractivity contribution in [2.45, 2.75) is 13.3 Å². The molecule has 1 aromatic heterocycles. The van der Waals surface area contributed by atoms with E-state index in [0.717, 1.165) is 0 Å². The minimum absolute atomic E-state index is 0.194. The molecule has 2 aromatic rings. The van der Waals surface area contributed by atoms with Gasteiger partial charge < -0.3 is 10.7 Å². The first-order chi connectivity index (χ1) is 9.56. The van der Waals surface area contributed by atoms with Crippen LogP contribution in [0.2, 0.25) is 0 Å². The van der Waals surface area contributed by atoms with Crippen LogP contribution in [0.25, 0.3) is 0 Å². The first kappa shape index (κ1) is 14.1. The van der Waals surface area contributed by atoms with Gasteiger partial charge in [0.25, 0.3) is 0 Å². The van der Waals surface area contributed by atoms with E-state index >= 15 is 0 Å². The molecule has 4 N–H and O–H groups in total. The number of hydrogen-bond acceptors (Lipinski definition) is 5. The van der Waals surface area contributed by atoms with Gasteiger partial charge in [-0.15, -0.1) is 0 Å². The molecule has 0 spiro atoms. The molecule has 0 saturated carbocycles. The van der Waals surface area contributed by atoms with Crippen LogP contribution < -0.4 is 16.6 Å². The summed E-state index contributed by atoms with van der Waals surface area (Å²) in [6.45, 7) is 1.81. The fourth-order valence-electron chi connectivity index (χ4n) is 1.76. The van der Waals surface area contributed by atoms with Gasteiger partial charge in [-0.3, -0.25) is 0 Å². The number of halogens is 3. The number of aromatic nitrogens is 2. The Morgan fingerprint density at radius 1 is 1.10 bits per heavy atom. The molecule has 0 aliphatic carbocycles. The Morgan fingerprint density at radius 2 is 1.70 bits per heavy atom. The molecule has 2 rings (SSSR count). The lowest BCUT2D eigenvalue weighted by molar-refractivity contribution is 0.548. The van der Waals surface area contributed by atoms with Crippen molar-refractivity contribution in [3.05, 3.63) is 41.5 Å². The molecule has 0 aliphatic rings. The molecule has 1 heterocycles. The number of nitrogen functional groups attached to an aromatic ring is 1. The lowest BCUT2D eigenvalue weighted by Crippen LogP contribution is -2.13. The van der Waals surface area contributed by atoms with Gasteiger partial charge in [-0.2, -0.15) is 0 Å². The highest BCUT2D eigenvalue weighted by Crippen LogP contribution is 2.27. The van der Waals surface area contributed by atoms with E-state index in [9.17, 15) is 13.2 Å². The van der Waals surface area contributed by atoms with Crippen LogP contribution in [0.15, 0.2) is 18.5 Å². The Bertz CT molecular complexity index is 609. The second-order valence-electron chi connectivity index (χ2n) is 3.92. The zero-order valence-electron chi connectivity index (χ0n) is 10.5. The molecule has 0 aliphatic heterocycles. The van der Waals surface area contributed by atoms with Crippen LogP contribution in [0.4, 0.5) is 30.5 Å². The van der Waals surface area contributed by atoms with Crippen LogP contribution in [0.3, 0.4) is 0 Å². The normalized spacial score (nSPS) is 10.4. The van der Waals surface area contributed by atoms with Crippen molar-refractivity contribution in [1.82, 2.24) is 9.97 Å². The van der Waals surface area contributed by atoms with E-state index in [1.54, 1.807) is 0 Å². The lowest BCUT2D eigenvalue weighted by atomic mass is 10.2. The summed E-state index contributed by atoms with van der Waals surface area (Å²) in [5.74, 6) is 2.74. The highest BCUT2D eigenvalue weighted by atomic mass is 19.1. The molecule has 0 fully saturated rings. The molecule has 0 saturated heterocycles. The zero-order chi connectivity index (χ0) is 14.7. The molecule has 20 heavy (non-hydrogen) atoms. The van der Waals surface area contributed by atoms with Crippen LogP contribution in [0, 0.1) is 17.5 Å². The number of nitrogens with two attached hydrogens (primary N) is 1. The summed E-state index contributed by atoms with van der Waals surface area (Å²) in [6, 6.07) is 1.17. The second-order valence-corrected chi connectivity index (χ2v) is 3.92. The standard InChI is InChI=1S/C12H12F3N5/c1-2-7-11(17-5-18-12(7)20-16)19-10-8(14)3-6(13)4-9(10)15/h3-5H,2,16H2,1H3,(H2,17,18,19,20). The summed E-state index contributed by atoms with van der Waals surface area (Å²) in [5, 5.41) is 2.50. The van der Waals surface area contributed by atoms with E-state index in [1.165, 1.54) is 6.33 Å². The maximum Gasteiger partial charge on any atom is 0.152 e. The Balaban J connectivity index is 2.45. The van der Waals surface area contributed by atoms with Gasteiger partial charge in [0.1, 0.15) is 29.5 Å². The summed E-state index contributed by atoms with van der Waals surface area (Å²) in [5.41, 5.74) is 2.44. The summed E-state index contributed by atoms with van der Waals surface area (Å²) in [4.78, 5) is 7.81. The Kier molecular flexibility index (Phi) is 4.04. The van der Waals surface area contributed by atoms with Crippen molar-refractivity contribution >= 4 is 17.3 Å². The van der Waals surface area contributed by atoms with Crippen molar-refractivity contribution in [2.75, 3.05) is 10.7 Å². The molecule has 0 amide bonds. The van der Waals surface area contributed by atoms with Crippen molar-refractivity contribution in [3.8, 4) is 0 Å². The number of benzene rings is 1. The summed E-state index contributed by atoms with van der Waals surface area (Å²) < 4.78 is 40.0. The number of rotatable bonds is 4. The van der Waals surface area contributed by atoms with E-state index in [4.69, 9.17) is 5.84 Å². The van der Waals surface area contributed by atoms with Gasteiger partial charge in [0.15, 0.2) is 11.6 Å². The molecule has 0 bridgehead atoms. The van der Waals surface area contributed by atoms with Crippen molar-refractivity contribution in [1.29, 1.82) is 0 Å². The summed E-state index contributed by atoms with van der Waals surface area (Å²) in [6.07, 6.45) is 1.67. The molecular weight excluding hydrogens is 271 g/mol. The van der Waals surface area contributed by atoms with Gasteiger partial charge in [0.2, 0.25) is 0 Å². The number of nitrogens with one attached hydrogen (secondary N) is 2. The van der Waals surface area contributed by atoms with Gasteiger partial charge in [-0.25, -0.2) is 29.0 Å². The Hall–Kier alpha value is -2.35. The predicted molar refractivity (Wildman–Crippen MR) is 68.8 cm³/mol. The minimum atomic E-state index is -1.05. The lowest BCUT2D eigenvalue weighted by Gasteiger charge is -2.13. The molecular formula is C12H12F3N5. The van der Waals surface area contributed by atoms with Gasteiger partial charge in [0.05, 0.1) is 0 Å². The van der Waals surface area contributed by atoms with Gasteiger partial charge in [0, 0.05) is 17.7 Å². The van der Waals surface area contributed by atoms with Crippen molar-refractivity contribution < 1.29 is 13.2 Å². The third-order valence-electron chi connectivity index (χ3n) is 2.69. The number of anilines is 3. The third kappa shape index (κ3) is 2.64. The maximum atomic E-state index is 13.6. The van der Waals surface area contributed by atoms with Crippen LogP contribution in [0.1, 0.15) is 12.5 Å². The zero-order valence-corrected chi connectivity index (χ0v) is 10.5. The molecule has 5 nitrogen and oxygen atoms in total. The van der Waals surface area contributed by atoms with E-state index in [0.29, 0.717) is 29.9 Å². The molecule has 0 unspecified atom stereocenters. The highest BCUT2D eigenvalue weighted by molar-refractivity contribution is 5.65. The van der Waals surface area contributed by atoms with Crippen LogP contribution in [-0.2, 0) is 6.42 Å². The van der Waals surface area contributed by atoms with Crippen molar-refractivity contribution in [2.24, 2.45) is 5.84 Å². The topological polar surface area (TPSA) is 75.9 Å². The van der Waals surface area contributed by atoms with E-state index in [1.807, 2.05) is 6.92 Å². The monoisotopic (exact) mass is 283 g/mol. The predicted octanol–water partition coefficient (Wildman–Crippen LogP) is 2.49. The fraction of sp³-hybridized carbons (Fsp3) is 0.167. The number of hydrogen-bond donors (Lipinski definition) is 3. The third-order valence-corrected chi connectivity index (χ3v) is 2.69. The first-order valence-corrected chi connectivity index (χ1v) is 5.78. The van der Waals surface area contributed by atoms with Crippen LogP contribution >= 0.6 is 0 Å². The minimum Gasteiger partial charge on any atom is -0.335 e. The second kappa shape index (κ2) is 5.74. The van der Waals surface area contributed by atoms with Crippen LogP contribution in [0.5, 0.6) is 0 Å². The quantitative estimate of drug-likeness (QED) is 0.593. The smallest absolute Gasteiger partial charge is 0.152 e. The first-order valence-electron chi connectivity index (χ1n) is 5.78. The van der Waals surface area contributed by atoms with Gasteiger partial charge >= 0.3 is 0 Å². The SMILES string of the molecule is CCc1c(NN)ncnc1Nc1c(F)cc(F)cc1F. The highest BCUT2D eigenvalue weighted by Gasteiger charge is 2.15. The maximum absolute atomic E-state index is 13.6. The molecule has 8 heteroatoms. The van der Waals surface area contributed by atoms with Crippen molar-refractivity contribution in [3.63, 3.8) is 0 Å². The Morgan fingerprint density at radius 3 is 2.25 bits per heavy atom. The molecule has 1 aromatic carbocycles. The van der Waals surface area contributed by atoms with Gasteiger partial charge in [-0.1, -0.05) is 6.92 Å². The molecule has 0 atom stereocenters. The molecule has 0 radical (unpaired) electrons. The Labute approximate surface area is 113 Å². The van der Waals surface area contributed by atoms with E-state index < -0.39 is 23.1 Å². The fourth-order valence-corrected chi connectivity index (χ4v) is 1.76. The van der Waals surface area contributed by atoms with Gasteiger partial charge in [-0.05, 0) is 6.42 Å². The number of hydrazine groups is 1. The average Bonchev–Trinajstić information content (AvgIpc) is 2.42. The average molecular weight is 283 g/mol. The number of nitrogens with zero attached hydrogens (tertiary/aromatic N) is 2. The summed E-state index contributed by atoms with van der Waals surface area (Å²) in [7, 11) is 0. The van der Waals surface area contributed by atoms with Crippen LogP contribution in [-0.4, -0.2) is 9.97 Å². The van der Waals surface area contributed by atoms with E-state index in [-0.39, 0.29) is 5.82 Å².